The number of amides is 4. The van der Waals surface area contributed by atoms with Gasteiger partial charge in [-0.05, 0) is 29.5 Å². The molecule has 2 rings (SSSR count). The number of benzene rings is 2. The van der Waals surface area contributed by atoms with Crippen LogP contribution in [0.25, 0.3) is 11.1 Å². The molecule has 0 radical (unpaired) electrons. The van der Waals surface area contributed by atoms with Gasteiger partial charge in [-0.2, -0.15) is 13.2 Å². The maximum absolute atomic E-state index is 12.4. The van der Waals surface area contributed by atoms with Gasteiger partial charge in [-0.15, -0.1) is 0 Å². The zero-order chi connectivity index (χ0) is 31.5. The van der Waals surface area contributed by atoms with Crippen molar-refractivity contribution in [3.05, 3.63) is 60.2 Å². The molecule has 0 heterocycles. The van der Waals surface area contributed by atoms with Gasteiger partial charge in [-0.3, -0.25) is 14.4 Å². The van der Waals surface area contributed by atoms with Gasteiger partial charge < -0.3 is 31.5 Å². The Morgan fingerprint density at radius 3 is 1.86 bits per heavy atom. The molecule has 14 heteroatoms. The molecular formula is C28H35F3N4O7. The topological polar surface area (TPSA) is 174 Å². The van der Waals surface area contributed by atoms with Crippen molar-refractivity contribution in [3.63, 3.8) is 0 Å². The highest BCUT2D eigenvalue weighted by molar-refractivity contribution is 5.85. The van der Waals surface area contributed by atoms with Gasteiger partial charge in [0.05, 0.1) is 19.0 Å². The number of hydrogen-bond acceptors (Lipinski definition) is 5. The summed E-state index contributed by atoms with van der Waals surface area (Å²) in [5.74, 6) is -4.61. The molecule has 11 nitrogen and oxygen atoms in total. The number of urea groups is 1. The lowest BCUT2D eigenvalue weighted by Gasteiger charge is -2.18. The molecule has 1 unspecified atom stereocenters. The Kier molecular flexibility index (Phi) is 15.7. The molecule has 4 amide bonds. The first-order valence-corrected chi connectivity index (χ1v) is 13.1. The maximum Gasteiger partial charge on any atom is 0.490 e. The molecule has 0 spiro atoms. The van der Waals surface area contributed by atoms with Crippen LogP contribution in [0, 0.1) is 0 Å². The number of carbonyl (C=O) groups excluding carboxylic acids is 3. The fourth-order valence-corrected chi connectivity index (χ4v) is 3.37. The second-order valence-corrected chi connectivity index (χ2v) is 8.93. The molecule has 2 aromatic rings. The van der Waals surface area contributed by atoms with Crippen LogP contribution in [0.15, 0.2) is 54.6 Å². The van der Waals surface area contributed by atoms with Crippen molar-refractivity contribution < 1.29 is 47.4 Å². The zero-order valence-electron chi connectivity index (χ0n) is 23.0. The van der Waals surface area contributed by atoms with E-state index in [-0.39, 0.29) is 31.3 Å². The number of unbranched alkanes of at least 4 members (excludes halogenated alkanes) is 1. The molecule has 0 saturated carbocycles. The predicted molar refractivity (Wildman–Crippen MR) is 147 cm³/mol. The van der Waals surface area contributed by atoms with E-state index in [4.69, 9.17) is 9.90 Å². The molecule has 0 fully saturated rings. The van der Waals surface area contributed by atoms with E-state index in [2.05, 4.69) is 21.3 Å². The van der Waals surface area contributed by atoms with Crippen molar-refractivity contribution >= 4 is 29.8 Å². The van der Waals surface area contributed by atoms with Crippen molar-refractivity contribution in [1.82, 2.24) is 21.3 Å². The summed E-state index contributed by atoms with van der Waals surface area (Å²) >= 11 is 0. The van der Waals surface area contributed by atoms with Crippen LogP contribution in [0.1, 0.15) is 50.6 Å². The van der Waals surface area contributed by atoms with E-state index in [1.54, 1.807) is 12.1 Å². The Labute approximate surface area is 240 Å². The van der Waals surface area contributed by atoms with E-state index in [0.29, 0.717) is 25.1 Å². The van der Waals surface area contributed by atoms with E-state index < -0.39 is 30.1 Å². The van der Waals surface area contributed by atoms with Crippen molar-refractivity contribution in [2.24, 2.45) is 0 Å². The van der Waals surface area contributed by atoms with E-state index in [1.165, 1.54) is 0 Å². The summed E-state index contributed by atoms with van der Waals surface area (Å²) < 4.78 is 31.7. The van der Waals surface area contributed by atoms with E-state index >= 15 is 0 Å². The van der Waals surface area contributed by atoms with Crippen LogP contribution in [0.3, 0.4) is 0 Å². The van der Waals surface area contributed by atoms with Crippen LogP contribution < -0.4 is 21.3 Å². The molecule has 0 aliphatic heterocycles. The summed E-state index contributed by atoms with van der Waals surface area (Å²) in [6.45, 7) is 2.73. The fourth-order valence-electron chi connectivity index (χ4n) is 3.37. The quantitative estimate of drug-likeness (QED) is 0.181. The highest BCUT2D eigenvalue weighted by atomic mass is 19.4. The second-order valence-electron chi connectivity index (χ2n) is 8.93. The molecule has 6 N–H and O–H groups in total. The number of carbonyl (C=O) groups is 5. The lowest BCUT2D eigenvalue weighted by molar-refractivity contribution is -0.192. The molecule has 0 bridgehead atoms. The van der Waals surface area contributed by atoms with Crippen LogP contribution in [-0.2, 0) is 19.2 Å². The van der Waals surface area contributed by atoms with Gasteiger partial charge in [0.25, 0.3) is 0 Å². The van der Waals surface area contributed by atoms with E-state index in [9.17, 15) is 37.5 Å². The largest absolute Gasteiger partial charge is 0.490 e. The third-order valence-electron chi connectivity index (χ3n) is 5.50. The Morgan fingerprint density at radius 2 is 1.33 bits per heavy atom. The molecular weight excluding hydrogens is 561 g/mol. The maximum atomic E-state index is 12.4. The van der Waals surface area contributed by atoms with Crippen LogP contribution >= 0.6 is 0 Å². The van der Waals surface area contributed by atoms with E-state index in [0.717, 1.165) is 24.0 Å². The Hall–Kier alpha value is -4.62. The Morgan fingerprint density at radius 1 is 0.786 bits per heavy atom. The average molecular weight is 597 g/mol. The van der Waals surface area contributed by atoms with Crippen molar-refractivity contribution in [2.75, 3.05) is 19.6 Å². The summed E-state index contributed by atoms with van der Waals surface area (Å²) in [6.07, 6.45) is -2.88. The molecule has 0 aliphatic carbocycles. The molecule has 42 heavy (non-hydrogen) atoms. The third kappa shape index (κ3) is 15.2. The number of hydrogen-bond donors (Lipinski definition) is 6. The minimum Gasteiger partial charge on any atom is -0.481 e. The summed E-state index contributed by atoms with van der Waals surface area (Å²) in [4.78, 5) is 56.1. The first-order chi connectivity index (χ1) is 19.8. The number of aliphatic carboxylic acids is 2. The molecule has 230 valence electrons. The van der Waals surface area contributed by atoms with Gasteiger partial charge >= 0.3 is 24.1 Å². The first kappa shape index (κ1) is 35.4. The number of carboxylic acids is 2. The van der Waals surface area contributed by atoms with Crippen LogP contribution in [0.5, 0.6) is 0 Å². The molecule has 0 aromatic heterocycles. The number of nitrogens with one attached hydrogen (secondary N) is 4. The lowest BCUT2D eigenvalue weighted by atomic mass is 9.99. The Bertz CT molecular complexity index is 1160. The van der Waals surface area contributed by atoms with Gasteiger partial charge in [0.2, 0.25) is 11.8 Å². The minimum absolute atomic E-state index is 0.155. The summed E-state index contributed by atoms with van der Waals surface area (Å²) in [5.41, 5.74) is 2.68. The number of alkyl halides is 3. The lowest BCUT2D eigenvalue weighted by Crippen LogP contribution is -2.39. The molecule has 0 aliphatic rings. The molecule has 1 atom stereocenters. The smallest absolute Gasteiger partial charge is 0.481 e. The van der Waals surface area contributed by atoms with Crippen molar-refractivity contribution in [3.8, 4) is 11.1 Å². The van der Waals surface area contributed by atoms with Crippen LogP contribution in [0.4, 0.5) is 18.0 Å². The van der Waals surface area contributed by atoms with Gasteiger partial charge in [0.1, 0.15) is 0 Å². The number of rotatable bonds is 14. The van der Waals surface area contributed by atoms with Gasteiger partial charge in [0.15, 0.2) is 0 Å². The van der Waals surface area contributed by atoms with Crippen molar-refractivity contribution in [1.29, 1.82) is 0 Å². The zero-order valence-corrected chi connectivity index (χ0v) is 23.0. The minimum atomic E-state index is -5.08. The van der Waals surface area contributed by atoms with Crippen molar-refractivity contribution in [2.45, 2.75) is 51.2 Å². The normalized spacial score (nSPS) is 11.2. The van der Waals surface area contributed by atoms with Gasteiger partial charge in [-0.1, -0.05) is 67.9 Å². The number of carboxylic acid groups (broad SMARTS) is 2. The van der Waals surface area contributed by atoms with Gasteiger partial charge in [0, 0.05) is 19.5 Å². The molecule has 0 saturated heterocycles. The van der Waals surface area contributed by atoms with Crippen LogP contribution in [-0.4, -0.2) is 65.8 Å². The van der Waals surface area contributed by atoms with Crippen LogP contribution in [0.2, 0.25) is 0 Å². The van der Waals surface area contributed by atoms with Gasteiger partial charge in [-0.25, -0.2) is 9.59 Å². The fraction of sp³-hybridized carbons (Fsp3) is 0.393. The number of halogens is 3. The first-order valence-electron chi connectivity index (χ1n) is 13.1. The average Bonchev–Trinajstić information content (AvgIpc) is 2.94. The summed E-state index contributed by atoms with van der Waals surface area (Å²) in [5, 5.41) is 27.0. The highest BCUT2D eigenvalue weighted by Gasteiger charge is 2.38. The highest BCUT2D eigenvalue weighted by Crippen LogP contribution is 2.23. The third-order valence-corrected chi connectivity index (χ3v) is 5.50. The molecule has 2 aromatic carbocycles. The summed E-state index contributed by atoms with van der Waals surface area (Å²) in [7, 11) is 0. The summed E-state index contributed by atoms with van der Waals surface area (Å²) in [6, 6.07) is 16.1. The Balaban J connectivity index is 0.00000112. The predicted octanol–water partition coefficient (Wildman–Crippen LogP) is 3.61. The second kappa shape index (κ2) is 18.7. The SMILES string of the molecule is CCCCNC(=O)NCCCC(=O)NCC(=O)NC(CC(=O)O)c1ccc(-c2ccccc2)cc1.O=C(O)C(F)(F)F. The van der Waals surface area contributed by atoms with E-state index in [1.807, 2.05) is 49.4 Å². The monoisotopic (exact) mass is 596 g/mol. The standard InChI is InChI=1S/C26H34N4O5.C2HF3O2/c1-2-3-15-27-26(35)28-16-7-10-23(31)29-18-24(32)30-22(17-25(33)34)21-13-11-20(12-14-21)19-8-5-4-6-9-19;3-2(4,5)1(6)7/h4-6,8-9,11-14,22H,2-3,7,10,15-18H2,1H3,(H,29,31)(H,30,32)(H,33,34)(H2,27,28,35);(H,6,7).